The first-order valence-corrected chi connectivity index (χ1v) is 7.51. The number of sulfonamides is 1. The van der Waals surface area contributed by atoms with Crippen molar-refractivity contribution in [3.05, 3.63) is 28.2 Å². The van der Waals surface area contributed by atoms with Gasteiger partial charge in [0.05, 0.1) is 4.90 Å². The highest BCUT2D eigenvalue weighted by molar-refractivity contribution is 9.10. The second-order valence-electron chi connectivity index (χ2n) is 4.07. The van der Waals surface area contributed by atoms with Crippen molar-refractivity contribution in [3.63, 3.8) is 0 Å². The fraction of sp³-hybridized carbons (Fsp3) is 0.455. The second kappa shape index (κ2) is 5.95. The Hall–Kier alpha value is -0.430. The van der Waals surface area contributed by atoms with Gasteiger partial charge in [-0.25, -0.2) is 13.1 Å². The molecule has 6 heteroatoms. The largest absolute Gasteiger partial charge is 0.396 e. The van der Waals surface area contributed by atoms with E-state index in [1.165, 1.54) is 0 Å². The lowest BCUT2D eigenvalue weighted by atomic mass is 10.2. The molecule has 0 aromatic heterocycles. The zero-order valence-electron chi connectivity index (χ0n) is 9.77. The van der Waals surface area contributed by atoms with Gasteiger partial charge in [-0.15, -0.1) is 0 Å². The number of benzene rings is 1. The van der Waals surface area contributed by atoms with Crippen molar-refractivity contribution < 1.29 is 13.5 Å². The van der Waals surface area contributed by atoms with Gasteiger partial charge in [0.15, 0.2) is 0 Å². The maximum Gasteiger partial charge on any atom is 0.241 e. The van der Waals surface area contributed by atoms with Crippen molar-refractivity contribution in [2.24, 2.45) is 5.92 Å². The molecular weight excluding hydrogens is 306 g/mol. The minimum atomic E-state index is -3.52. The van der Waals surface area contributed by atoms with Crippen molar-refractivity contribution in [2.75, 3.05) is 13.2 Å². The molecule has 96 valence electrons. The van der Waals surface area contributed by atoms with Crippen LogP contribution >= 0.6 is 15.9 Å². The van der Waals surface area contributed by atoms with Crippen LogP contribution in [0, 0.1) is 12.8 Å². The quantitative estimate of drug-likeness (QED) is 0.866. The molecule has 0 fully saturated rings. The standard InChI is InChI=1S/C11H16BrNO3S/c1-8-3-4-11(10(12)5-8)17(15,16)13-6-9(2)7-14/h3-5,9,13-14H,6-7H2,1-2H3. The van der Waals surface area contributed by atoms with Gasteiger partial charge in [-0.3, -0.25) is 0 Å². The third kappa shape index (κ3) is 4.06. The van der Waals surface area contributed by atoms with E-state index in [0.29, 0.717) is 4.47 Å². The number of hydrogen-bond acceptors (Lipinski definition) is 3. The average molecular weight is 322 g/mol. The minimum Gasteiger partial charge on any atom is -0.396 e. The average Bonchev–Trinajstić information content (AvgIpc) is 2.25. The van der Waals surface area contributed by atoms with Crippen LogP contribution in [0.15, 0.2) is 27.6 Å². The molecule has 0 amide bonds. The predicted octanol–water partition coefficient (Wildman–Crippen LogP) is 1.66. The van der Waals surface area contributed by atoms with Gasteiger partial charge in [-0.2, -0.15) is 0 Å². The molecule has 0 radical (unpaired) electrons. The zero-order valence-corrected chi connectivity index (χ0v) is 12.2. The number of hydrogen-bond donors (Lipinski definition) is 2. The van der Waals surface area contributed by atoms with E-state index in [1.807, 2.05) is 6.92 Å². The molecule has 0 aliphatic carbocycles. The van der Waals surface area contributed by atoms with Crippen LogP contribution in [-0.4, -0.2) is 26.7 Å². The summed E-state index contributed by atoms with van der Waals surface area (Å²) in [6.07, 6.45) is 0. The summed E-state index contributed by atoms with van der Waals surface area (Å²) in [6.45, 7) is 3.84. The lowest BCUT2D eigenvalue weighted by Crippen LogP contribution is -2.29. The molecule has 4 nitrogen and oxygen atoms in total. The maximum absolute atomic E-state index is 12.0. The predicted molar refractivity (Wildman–Crippen MR) is 70.3 cm³/mol. The molecule has 17 heavy (non-hydrogen) atoms. The highest BCUT2D eigenvalue weighted by Crippen LogP contribution is 2.22. The monoisotopic (exact) mass is 321 g/mol. The Morgan fingerprint density at radius 3 is 2.65 bits per heavy atom. The summed E-state index contributed by atoms with van der Waals surface area (Å²) in [5, 5.41) is 8.85. The number of rotatable bonds is 5. The summed E-state index contributed by atoms with van der Waals surface area (Å²) in [4.78, 5) is 0.216. The number of nitrogens with one attached hydrogen (secondary N) is 1. The summed E-state index contributed by atoms with van der Waals surface area (Å²) in [7, 11) is -3.52. The number of aliphatic hydroxyl groups excluding tert-OH is 1. The molecule has 0 heterocycles. The van der Waals surface area contributed by atoms with Crippen LogP contribution in [0.25, 0.3) is 0 Å². The van der Waals surface area contributed by atoms with E-state index in [4.69, 9.17) is 5.11 Å². The van der Waals surface area contributed by atoms with Crippen LogP contribution in [0.3, 0.4) is 0 Å². The van der Waals surface area contributed by atoms with E-state index in [1.54, 1.807) is 25.1 Å². The van der Waals surface area contributed by atoms with Crippen molar-refractivity contribution in [3.8, 4) is 0 Å². The number of aliphatic hydroxyl groups is 1. The lowest BCUT2D eigenvalue weighted by Gasteiger charge is -2.11. The summed E-state index contributed by atoms with van der Waals surface area (Å²) in [5.41, 5.74) is 0.986. The van der Waals surface area contributed by atoms with Gasteiger partial charge in [-0.05, 0) is 46.5 Å². The first kappa shape index (κ1) is 14.6. The van der Waals surface area contributed by atoms with E-state index in [-0.39, 0.29) is 24.0 Å². The molecule has 1 atom stereocenters. The molecule has 1 unspecified atom stereocenters. The van der Waals surface area contributed by atoms with Crippen LogP contribution < -0.4 is 4.72 Å². The fourth-order valence-corrected chi connectivity index (χ4v) is 3.57. The first-order valence-electron chi connectivity index (χ1n) is 5.23. The van der Waals surface area contributed by atoms with Gasteiger partial charge in [0.2, 0.25) is 10.0 Å². The Balaban J connectivity index is 2.90. The van der Waals surface area contributed by atoms with Gasteiger partial charge < -0.3 is 5.11 Å². The Kier molecular flexibility index (Phi) is 5.12. The molecule has 1 aromatic carbocycles. The fourth-order valence-electron chi connectivity index (χ4n) is 1.22. The summed E-state index contributed by atoms with van der Waals surface area (Å²) >= 11 is 3.24. The van der Waals surface area contributed by atoms with Crippen LogP contribution in [0.4, 0.5) is 0 Å². The van der Waals surface area contributed by atoms with Gasteiger partial charge in [0.25, 0.3) is 0 Å². The second-order valence-corrected chi connectivity index (χ2v) is 6.66. The number of aryl methyl sites for hydroxylation is 1. The zero-order chi connectivity index (χ0) is 13.1. The third-order valence-corrected chi connectivity index (χ3v) is 4.71. The van der Waals surface area contributed by atoms with E-state index >= 15 is 0 Å². The molecule has 1 rings (SSSR count). The lowest BCUT2D eigenvalue weighted by molar-refractivity contribution is 0.238. The van der Waals surface area contributed by atoms with Crippen LogP contribution in [0.1, 0.15) is 12.5 Å². The molecule has 0 bridgehead atoms. The van der Waals surface area contributed by atoms with Crippen molar-refractivity contribution >= 4 is 26.0 Å². The van der Waals surface area contributed by atoms with Gasteiger partial charge in [0.1, 0.15) is 0 Å². The molecular formula is C11H16BrNO3S. The Labute approximate surface area is 110 Å². The van der Waals surface area contributed by atoms with Crippen LogP contribution in [-0.2, 0) is 10.0 Å². The highest BCUT2D eigenvalue weighted by atomic mass is 79.9. The highest BCUT2D eigenvalue weighted by Gasteiger charge is 2.17. The summed E-state index contributed by atoms with van der Waals surface area (Å²) in [6, 6.07) is 5.06. The SMILES string of the molecule is Cc1ccc(S(=O)(=O)NCC(C)CO)c(Br)c1. The van der Waals surface area contributed by atoms with Gasteiger partial charge in [-0.1, -0.05) is 13.0 Å². The third-order valence-electron chi connectivity index (χ3n) is 2.31. The van der Waals surface area contributed by atoms with Crippen molar-refractivity contribution in [1.82, 2.24) is 4.72 Å². The summed E-state index contributed by atoms with van der Waals surface area (Å²) < 4.78 is 26.9. The maximum atomic E-state index is 12.0. The van der Waals surface area contributed by atoms with Crippen molar-refractivity contribution in [2.45, 2.75) is 18.7 Å². The molecule has 0 aliphatic rings. The number of halogens is 1. The van der Waals surface area contributed by atoms with Gasteiger partial charge >= 0.3 is 0 Å². The molecule has 0 spiro atoms. The molecule has 1 aromatic rings. The Bertz CT molecular complexity index is 487. The Morgan fingerprint density at radius 1 is 1.47 bits per heavy atom. The van der Waals surface area contributed by atoms with E-state index in [2.05, 4.69) is 20.7 Å². The topological polar surface area (TPSA) is 66.4 Å². The molecule has 2 N–H and O–H groups in total. The smallest absolute Gasteiger partial charge is 0.241 e. The van der Waals surface area contributed by atoms with Crippen LogP contribution in [0.5, 0.6) is 0 Å². The first-order chi connectivity index (χ1) is 7.86. The van der Waals surface area contributed by atoms with Gasteiger partial charge in [0, 0.05) is 17.6 Å². The minimum absolute atomic E-state index is 0.0441. The van der Waals surface area contributed by atoms with E-state index in [9.17, 15) is 8.42 Å². The van der Waals surface area contributed by atoms with Crippen molar-refractivity contribution in [1.29, 1.82) is 0 Å². The molecule has 0 aliphatic heterocycles. The molecule has 0 saturated carbocycles. The van der Waals surface area contributed by atoms with E-state index in [0.717, 1.165) is 5.56 Å². The van der Waals surface area contributed by atoms with Crippen LogP contribution in [0.2, 0.25) is 0 Å². The van der Waals surface area contributed by atoms with E-state index < -0.39 is 10.0 Å². The summed E-state index contributed by atoms with van der Waals surface area (Å²) in [5.74, 6) is -0.103. The normalized spacial score (nSPS) is 13.6. The Morgan fingerprint density at radius 2 is 2.12 bits per heavy atom. The molecule has 0 saturated heterocycles.